The summed E-state index contributed by atoms with van der Waals surface area (Å²) in [4.78, 5) is 12.2. The summed E-state index contributed by atoms with van der Waals surface area (Å²) in [5.41, 5.74) is 2.55. The van der Waals surface area contributed by atoms with Crippen LogP contribution in [-0.4, -0.2) is 37.8 Å². The lowest BCUT2D eigenvalue weighted by Gasteiger charge is -2.07. The van der Waals surface area contributed by atoms with E-state index in [-0.39, 0.29) is 19.1 Å². The number of aryl methyl sites for hydroxylation is 2. The highest BCUT2D eigenvalue weighted by molar-refractivity contribution is 5.75. The van der Waals surface area contributed by atoms with Crippen molar-refractivity contribution >= 4 is 5.91 Å². The molecule has 0 unspecified atom stereocenters. The molecule has 3 rings (SSSR count). The molecule has 1 amide bonds. The van der Waals surface area contributed by atoms with E-state index in [1.807, 2.05) is 48.9 Å². The first-order valence-electron chi connectivity index (χ1n) is 9.03. The molecule has 2 heterocycles. The molecule has 0 aliphatic carbocycles. The molecule has 0 fully saturated rings. The first kappa shape index (κ1) is 19.4. The largest absolute Gasteiger partial charge is 0.497 e. The Morgan fingerprint density at radius 2 is 1.96 bits per heavy atom. The number of carbonyl (C=O) groups excluding carboxylic acids is 1. The molecule has 0 saturated heterocycles. The number of ether oxygens (including phenoxy) is 2. The van der Waals surface area contributed by atoms with Crippen molar-refractivity contribution in [1.82, 2.24) is 30.1 Å². The van der Waals surface area contributed by atoms with Crippen LogP contribution in [-0.2, 0) is 31.0 Å². The van der Waals surface area contributed by atoms with E-state index in [0.717, 1.165) is 23.7 Å². The Labute approximate surface area is 163 Å². The molecule has 9 nitrogen and oxygen atoms in total. The third-order valence-electron chi connectivity index (χ3n) is 4.09. The van der Waals surface area contributed by atoms with Gasteiger partial charge in [0.1, 0.15) is 30.3 Å². The van der Waals surface area contributed by atoms with Crippen molar-refractivity contribution in [3.05, 3.63) is 53.6 Å². The molecule has 0 radical (unpaired) electrons. The second kappa shape index (κ2) is 9.03. The van der Waals surface area contributed by atoms with E-state index in [2.05, 4.69) is 20.7 Å². The van der Waals surface area contributed by atoms with Crippen LogP contribution >= 0.6 is 0 Å². The average Bonchev–Trinajstić information content (AvgIpc) is 3.30. The summed E-state index contributed by atoms with van der Waals surface area (Å²) in [5, 5.41) is 15.3. The van der Waals surface area contributed by atoms with E-state index in [0.29, 0.717) is 18.0 Å². The fourth-order valence-electron chi connectivity index (χ4n) is 2.72. The fourth-order valence-corrected chi connectivity index (χ4v) is 2.72. The summed E-state index contributed by atoms with van der Waals surface area (Å²) in [6.45, 7) is 5.50. The zero-order valence-electron chi connectivity index (χ0n) is 16.3. The minimum atomic E-state index is -0.144. The number of aromatic nitrogens is 5. The summed E-state index contributed by atoms with van der Waals surface area (Å²) in [5.74, 6) is 1.33. The van der Waals surface area contributed by atoms with E-state index >= 15 is 0 Å². The lowest BCUT2D eigenvalue weighted by atomic mass is 10.3. The van der Waals surface area contributed by atoms with Gasteiger partial charge >= 0.3 is 0 Å². The van der Waals surface area contributed by atoms with Crippen LogP contribution in [0.15, 0.2) is 36.5 Å². The number of hydrogen-bond acceptors (Lipinski definition) is 6. The second-order valence-corrected chi connectivity index (χ2v) is 6.24. The van der Waals surface area contributed by atoms with Gasteiger partial charge in [-0.3, -0.25) is 9.48 Å². The van der Waals surface area contributed by atoms with Gasteiger partial charge in [-0.2, -0.15) is 5.10 Å². The normalized spacial score (nSPS) is 10.7. The zero-order chi connectivity index (χ0) is 19.9. The summed E-state index contributed by atoms with van der Waals surface area (Å²) in [7, 11) is 1.61. The van der Waals surface area contributed by atoms with Crippen LogP contribution < -0.4 is 14.8 Å². The maximum atomic E-state index is 12.2. The maximum absolute atomic E-state index is 12.2. The minimum absolute atomic E-state index is 0.0920. The number of nitrogens with zero attached hydrogens (tertiary/aromatic N) is 5. The number of carbonyl (C=O) groups is 1. The Morgan fingerprint density at radius 1 is 1.21 bits per heavy atom. The smallest absolute Gasteiger partial charge is 0.242 e. The van der Waals surface area contributed by atoms with Gasteiger partial charge in [0.25, 0.3) is 0 Å². The summed E-state index contributed by atoms with van der Waals surface area (Å²) < 4.78 is 14.1. The Kier molecular flexibility index (Phi) is 6.25. The van der Waals surface area contributed by atoms with Crippen LogP contribution in [0.5, 0.6) is 11.5 Å². The lowest BCUT2D eigenvalue weighted by Crippen LogP contribution is -2.28. The van der Waals surface area contributed by atoms with Crippen LogP contribution in [0, 0.1) is 6.92 Å². The molecule has 1 aromatic carbocycles. The first-order valence-corrected chi connectivity index (χ1v) is 9.03. The maximum Gasteiger partial charge on any atom is 0.242 e. The van der Waals surface area contributed by atoms with Gasteiger partial charge in [0.2, 0.25) is 5.91 Å². The second-order valence-electron chi connectivity index (χ2n) is 6.24. The third kappa shape index (κ3) is 5.09. The number of methoxy groups -OCH3 is 1. The summed E-state index contributed by atoms with van der Waals surface area (Å²) in [6.07, 6.45) is 1.70. The van der Waals surface area contributed by atoms with E-state index in [9.17, 15) is 4.79 Å². The van der Waals surface area contributed by atoms with Gasteiger partial charge in [-0.25, -0.2) is 4.68 Å². The standard InChI is InChI=1S/C19H24N6O3/c1-4-25-16(9-14(2)22-25)10-20-19(26)12-24-11-15(21-23-24)13-28-18-7-5-17(27-3)6-8-18/h5-9,11H,4,10,12-13H2,1-3H3,(H,20,26). The Balaban J connectivity index is 1.47. The van der Waals surface area contributed by atoms with Crippen molar-refractivity contribution in [2.45, 2.75) is 40.1 Å². The predicted molar refractivity (Wildman–Crippen MR) is 102 cm³/mol. The number of nitrogens with one attached hydrogen (secondary N) is 1. The van der Waals surface area contributed by atoms with E-state index < -0.39 is 0 Å². The van der Waals surface area contributed by atoms with Crippen LogP contribution in [0.2, 0.25) is 0 Å². The molecule has 9 heteroatoms. The molecule has 3 aromatic rings. The Hall–Kier alpha value is -3.36. The molecule has 2 aromatic heterocycles. The SMILES string of the molecule is CCn1nc(C)cc1CNC(=O)Cn1cc(COc2ccc(OC)cc2)nn1. The van der Waals surface area contributed by atoms with Crippen molar-refractivity contribution in [2.75, 3.05) is 7.11 Å². The number of hydrogen-bond donors (Lipinski definition) is 1. The molecule has 148 valence electrons. The Morgan fingerprint density at radius 3 is 2.68 bits per heavy atom. The van der Waals surface area contributed by atoms with Gasteiger partial charge in [0.05, 0.1) is 31.2 Å². The molecular weight excluding hydrogens is 360 g/mol. The van der Waals surface area contributed by atoms with E-state index in [1.165, 1.54) is 4.68 Å². The van der Waals surface area contributed by atoms with Crippen molar-refractivity contribution in [1.29, 1.82) is 0 Å². The summed E-state index contributed by atoms with van der Waals surface area (Å²) >= 11 is 0. The summed E-state index contributed by atoms with van der Waals surface area (Å²) in [6, 6.07) is 9.25. The van der Waals surface area contributed by atoms with Gasteiger partial charge in [0.15, 0.2) is 0 Å². The minimum Gasteiger partial charge on any atom is -0.497 e. The molecule has 0 spiro atoms. The molecular formula is C19H24N6O3. The van der Waals surface area contributed by atoms with Gasteiger partial charge in [-0.1, -0.05) is 5.21 Å². The fraction of sp³-hybridized carbons (Fsp3) is 0.368. The molecule has 0 aliphatic heterocycles. The van der Waals surface area contributed by atoms with Crippen LogP contribution in [0.25, 0.3) is 0 Å². The number of benzene rings is 1. The third-order valence-corrected chi connectivity index (χ3v) is 4.09. The molecule has 0 aliphatic rings. The molecule has 0 atom stereocenters. The highest BCUT2D eigenvalue weighted by Crippen LogP contribution is 2.17. The Bertz CT molecular complexity index is 916. The van der Waals surface area contributed by atoms with Crippen molar-refractivity contribution in [3.63, 3.8) is 0 Å². The molecule has 28 heavy (non-hydrogen) atoms. The highest BCUT2D eigenvalue weighted by Gasteiger charge is 2.09. The highest BCUT2D eigenvalue weighted by atomic mass is 16.5. The quantitative estimate of drug-likeness (QED) is 0.603. The predicted octanol–water partition coefficient (Wildman–Crippen LogP) is 1.71. The van der Waals surface area contributed by atoms with Gasteiger partial charge in [-0.05, 0) is 44.2 Å². The number of amides is 1. The van der Waals surface area contributed by atoms with Crippen molar-refractivity contribution < 1.29 is 14.3 Å². The van der Waals surface area contributed by atoms with Crippen LogP contribution in [0.1, 0.15) is 24.0 Å². The monoisotopic (exact) mass is 384 g/mol. The molecule has 0 saturated carbocycles. The lowest BCUT2D eigenvalue weighted by molar-refractivity contribution is -0.122. The van der Waals surface area contributed by atoms with Crippen molar-refractivity contribution in [2.24, 2.45) is 0 Å². The zero-order valence-corrected chi connectivity index (χ0v) is 16.3. The van der Waals surface area contributed by atoms with Crippen LogP contribution in [0.4, 0.5) is 0 Å². The van der Waals surface area contributed by atoms with Gasteiger partial charge in [0, 0.05) is 6.54 Å². The molecule has 1 N–H and O–H groups in total. The molecule has 0 bridgehead atoms. The van der Waals surface area contributed by atoms with Crippen LogP contribution in [0.3, 0.4) is 0 Å². The van der Waals surface area contributed by atoms with E-state index in [1.54, 1.807) is 13.3 Å². The topological polar surface area (TPSA) is 96.1 Å². The average molecular weight is 384 g/mol. The van der Waals surface area contributed by atoms with Gasteiger partial charge in [-0.15, -0.1) is 5.10 Å². The van der Waals surface area contributed by atoms with Crippen molar-refractivity contribution in [3.8, 4) is 11.5 Å². The first-order chi connectivity index (χ1) is 13.6. The number of rotatable bonds is 9. The van der Waals surface area contributed by atoms with Gasteiger partial charge < -0.3 is 14.8 Å². The van der Waals surface area contributed by atoms with E-state index in [4.69, 9.17) is 9.47 Å².